The molecule has 178 valence electrons. The SMILES string of the molecule is CC(C(=O)N[C@H](CN1CCC(O)C1)c1ccc(Cl)cc1)(c1ccc(Cl)cc1)c1ccc(Cl)cc1. The number of carbonyl (C=O) groups is 1. The van der Waals surface area contributed by atoms with Crippen molar-refractivity contribution in [3.63, 3.8) is 0 Å². The van der Waals surface area contributed by atoms with Crippen molar-refractivity contribution in [1.82, 2.24) is 10.2 Å². The van der Waals surface area contributed by atoms with Gasteiger partial charge < -0.3 is 10.4 Å². The molecule has 0 spiro atoms. The summed E-state index contributed by atoms with van der Waals surface area (Å²) in [5.41, 5.74) is 1.62. The van der Waals surface area contributed by atoms with Crippen molar-refractivity contribution >= 4 is 40.7 Å². The molecule has 4 nitrogen and oxygen atoms in total. The van der Waals surface area contributed by atoms with Gasteiger partial charge in [0, 0.05) is 34.7 Å². The molecule has 3 aromatic rings. The number of aliphatic hydroxyl groups is 1. The van der Waals surface area contributed by atoms with E-state index in [2.05, 4.69) is 10.2 Å². The molecule has 0 aromatic heterocycles. The molecule has 2 atom stereocenters. The van der Waals surface area contributed by atoms with Crippen LogP contribution in [0.15, 0.2) is 72.8 Å². The van der Waals surface area contributed by atoms with Crippen LogP contribution in [0.4, 0.5) is 0 Å². The summed E-state index contributed by atoms with van der Waals surface area (Å²) in [6.07, 6.45) is 0.393. The Balaban J connectivity index is 1.69. The number of likely N-dealkylation sites (tertiary alicyclic amines) is 1. The van der Waals surface area contributed by atoms with Crippen LogP contribution in [0.2, 0.25) is 15.1 Å². The maximum Gasteiger partial charge on any atom is 0.235 e. The average Bonchev–Trinajstić information content (AvgIpc) is 3.24. The van der Waals surface area contributed by atoms with Gasteiger partial charge in [0.2, 0.25) is 5.91 Å². The standard InChI is InChI=1S/C27H27Cl3N2O2/c1-27(19-4-10-22(29)11-5-19,20-6-12-23(30)13-7-20)26(34)31-25(17-32-15-14-24(33)16-32)18-2-8-21(28)9-3-18/h2-13,24-25,33H,14-17H2,1H3,(H,31,34)/t24?,25-/m1/s1. The molecule has 1 amide bonds. The van der Waals surface area contributed by atoms with E-state index in [-0.39, 0.29) is 18.1 Å². The van der Waals surface area contributed by atoms with E-state index in [1.807, 2.05) is 55.5 Å². The molecule has 0 bridgehead atoms. The highest BCUT2D eigenvalue weighted by atomic mass is 35.5. The monoisotopic (exact) mass is 516 g/mol. The van der Waals surface area contributed by atoms with Crippen LogP contribution < -0.4 is 5.32 Å². The molecule has 0 aliphatic carbocycles. The Bertz CT molecular complexity index is 1070. The largest absolute Gasteiger partial charge is 0.392 e. The minimum Gasteiger partial charge on any atom is -0.392 e. The molecule has 1 fully saturated rings. The maximum absolute atomic E-state index is 14.1. The van der Waals surface area contributed by atoms with Crippen LogP contribution in [0.25, 0.3) is 0 Å². The summed E-state index contributed by atoms with van der Waals surface area (Å²) in [7, 11) is 0. The third-order valence-corrected chi connectivity index (χ3v) is 7.32. The fraction of sp³-hybridized carbons (Fsp3) is 0.296. The van der Waals surface area contributed by atoms with Crippen LogP contribution in [0, 0.1) is 0 Å². The number of hydrogen-bond donors (Lipinski definition) is 2. The lowest BCUT2D eigenvalue weighted by atomic mass is 9.75. The van der Waals surface area contributed by atoms with Gasteiger partial charge >= 0.3 is 0 Å². The van der Waals surface area contributed by atoms with E-state index in [1.165, 1.54) is 0 Å². The van der Waals surface area contributed by atoms with Crippen molar-refractivity contribution in [3.05, 3.63) is 105 Å². The number of halogens is 3. The maximum atomic E-state index is 14.1. The van der Waals surface area contributed by atoms with Gasteiger partial charge in [-0.25, -0.2) is 0 Å². The second-order valence-corrected chi connectivity index (χ2v) is 10.2. The van der Waals surface area contributed by atoms with E-state index >= 15 is 0 Å². The molecule has 4 rings (SSSR count). The minimum absolute atomic E-state index is 0.142. The smallest absolute Gasteiger partial charge is 0.235 e. The first-order chi connectivity index (χ1) is 16.3. The lowest BCUT2D eigenvalue weighted by Gasteiger charge is -2.33. The Labute approximate surface area is 215 Å². The number of nitrogens with one attached hydrogen (secondary N) is 1. The number of amides is 1. The molecule has 7 heteroatoms. The fourth-order valence-electron chi connectivity index (χ4n) is 4.46. The van der Waals surface area contributed by atoms with Gasteiger partial charge in [-0.05, 0) is 66.4 Å². The lowest BCUT2D eigenvalue weighted by molar-refractivity contribution is -0.125. The van der Waals surface area contributed by atoms with Crippen LogP contribution in [0.5, 0.6) is 0 Å². The number of aliphatic hydroxyl groups excluding tert-OH is 1. The molecule has 0 saturated carbocycles. The first-order valence-corrected chi connectivity index (χ1v) is 12.4. The molecular weight excluding hydrogens is 491 g/mol. The molecule has 1 saturated heterocycles. The summed E-state index contributed by atoms with van der Waals surface area (Å²) >= 11 is 18.4. The number of nitrogens with zero attached hydrogens (tertiary/aromatic N) is 1. The predicted octanol–water partition coefficient (Wildman–Crippen LogP) is 5.88. The van der Waals surface area contributed by atoms with E-state index in [4.69, 9.17) is 34.8 Å². The summed E-state index contributed by atoms with van der Waals surface area (Å²) in [6.45, 7) is 3.87. The Kier molecular flexibility index (Phi) is 7.86. The van der Waals surface area contributed by atoms with Crippen LogP contribution >= 0.6 is 34.8 Å². The summed E-state index contributed by atoms with van der Waals surface area (Å²) < 4.78 is 0. The van der Waals surface area contributed by atoms with Crippen LogP contribution in [0.1, 0.15) is 36.1 Å². The van der Waals surface area contributed by atoms with Crippen LogP contribution in [-0.4, -0.2) is 41.7 Å². The summed E-state index contributed by atoms with van der Waals surface area (Å²) in [4.78, 5) is 16.2. The molecular formula is C27H27Cl3N2O2. The first kappa shape index (κ1) is 25.0. The van der Waals surface area contributed by atoms with E-state index in [0.717, 1.165) is 29.7 Å². The molecule has 2 N–H and O–H groups in total. The van der Waals surface area contributed by atoms with E-state index in [0.29, 0.717) is 28.2 Å². The van der Waals surface area contributed by atoms with E-state index in [1.54, 1.807) is 24.3 Å². The highest BCUT2D eigenvalue weighted by Crippen LogP contribution is 2.35. The zero-order chi connectivity index (χ0) is 24.3. The minimum atomic E-state index is -0.982. The third-order valence-electron chi connectivity index (χ3n) is 6.56. The van der Waals surface area contributed by atoms with Crippen molar-refractivity contribution < 1.29 is 9.90 Å². The number of rotatable bonds is 7. The first-order valence-electron chi connectivity index (χ1n) is 11.2. The molecule has 3 aromatic carbocycles. The lowest BCUT2D eigenvalue weighted by Crippen LogP contribution is -2.47. The molecule has 1 unspecified atom stereocenters. The van der Waals surface area contributed by atoms with Gasteiger partial charge in [-0.2, -0.15) is 0 Å². The van der Waals surface area contributed by atoms with Crippen molar-refractivity contribution in [1.29, 1.82) is 0 Å². The number of hydrogen-bond acceptors (Lipinski definition) is 3. The summed E-state index contributed by atoms with van der Waals surface area (Å²) in [6, 6.07) is 21.9. The molecule has 1 heterocycles. The molecule has 1 aliphatic heterocycles. The highest BCUT2D eigenvalue weighted by molar-refractivity contribution is 6.31. The summed E-state index contributed by atoms with van der Waals surface area (Å²) in [5.74, 6) is -0.142. The average molecular weight is 518 g/mol. The number of benzene rings is 3. The zero-order valence-electron chi connectivity index (χ0n) is 18.8. The second-order valence-electron chi connectivity index (χ2n) is 8.92. The Morgan fingerprint density at radius 3 is 1.85 bits per heavy atom. The molecule has 34 heavy (non-hydrogen) atoms. The normalized spacial score (nSPS) is 17.5. The third kappa shape index (κ3) is 5.59. The highest BCUT2D eigenvalue weighted by Gasteiger charge is 2.39. The zero-order valence-corrected chi connectivity index (χ0v) is 21.1. The van der Waals surface area contributed by atoms with E-state index < -0.39 is 5.41 Å². The Hall–Kier alpha value is -2.08. The van der Waals surface area contributed by atoms with Gasteiger partial charge in [0.05, 0.1) is 17.6 Å². The number of β-amino-alcohol motifs (C(OH)–C–C–N with tert-alkyl or cyclic N) is 1. The molecule has 0 radical (unpaired) electrons. The predicted molar refractivity (Wildman–Crippen MR) is 139 cm³/mol. The quantitative estimate of drug-likeness (QED) is 0.412. The topological polar surface area (TPSA) is 52.6 Å². The van der Waals surface area contributed by atoms with Gasteiger partial charge in [0.15, 0.2) is 0 Å². The van der Waals surface area contributed by atoms with Crippen molar-refractivity contribution in [2.75, 3.05) is 19.6 Å². The van der Waals surface area contributed by atoms with Crippen LogP contribution in [0.3, 0.4) is 0 Å². The summed E-state index contributed by atoms with van der Waals surface area (Å²) in [5, 5.41) is 15.1. The van der Waals surface area contributed by atoms with Gasteiger partial charge in [0.25, 0.3) is 0 Å². The Morgan fingerprint density at radius 1 is 0.941 bits per heavy atom. The Morgan fingerprint density at radius 2 is 1.41 bits per heavy atom. The van der Waals surface area contributed by atoms with Gasteiger partial charge in [-0.3, -0.25) is 9.69 Å². The fourth-order valence-corrected chi connectivity index (χ4v) is 4.84. The van der Waals surface area contributed by atoms with Crippen molar-refractivity contribution in [3.8, 4) is 0 Å². The van der Waals surface area contributed by atoms with Crippen molar-refractivity contribution in [2.45, 2.75) is 30.9 Å². The second kappa shape index (κ2) is 10.7. The van der Waals surface area contributed by atoms with Crippen LogP contribution in [-0.2, 0) is 10.2 Å². The number of carbonyl (C=O) groups excluding carboxylic acids is 1. The van der Waals surface area contributed by atoms with E-state index in [9.17, 15) is 9.90 Å². The van der Waals surface area contributed by atoms with Gasteiger partial charge in [-0.1, -0.05) is 71.2 Å². The van der Waals surface area contributed by atoms with Gasteiger partial charge in [0.1, 0.15) is 0 Å². The van der Waals surface area contributed by atoms with Gasteiger partial charge in [-0.15, -0.1) is 0 Å². The molecule has 1 aliphatic rings. The van der Waals surface area contributed by atoms with Crippen molar-refractivity contribution in [2.24, 2.45) is 0 Å².